The minimum Gasteiger partial charge on any atom is -0.351 e. The Morgan fingerprint density at radius 1 is 1.19 bits per heavy atom. The van der Waals surface area contributed by atoms with E-state index in [0.717, 1.165) is 36.8 Å². The van der Waals surface area contributed by atoms with Crippen LogP contribution in [0.1, 0.15) is 12.8 Å². The van der Waals surface area contributed by atoms with Crippen LogP contribution in [0.3, 0.4) is 0 Å². The summed E-state index contributed by atoms with van der Waals surface area (Å²) >= 11 is 7.15. The van der Waals surface area contributed by atoms with E-state index in [0.29, 0.717) is 5.69 Å². The van der Waals surface area contributed by atoms with Crippen LogP contribution in [0, 0.1) is 5.82 Å². The van der Waals surface area contributed by atoms with Gasteiger partial charge in [-0.25, -0.2) is 9.38 Å². The number of nitrogens with one attached hydrogen (secondary N) is 1. The molecule has 0 atom stereocenters. The molecule has 1 heterocycles. The van der Waals surface area contributed by atoms with Crippen LogP contribution in [0.15, 0.2) is 53.5 Å². The number of likely N-dealkylation sites (tertiary alicyclic amines) is 1. The van der Waals surface area contributed by atoms with E-state index in [9.17, 15) is 9.18 Å². The molecule has 3 rings (SSSR count). The van der Waals surface area contributed by atoms with Crippen molar-refractivity contribution in [2.45, 2.75) is 12.8 Å². The average molecular weight is 392 g/mol. The van der Waals surface area contributed by atoms with Gasteiger partial charge < -0.3 is 10.2 Å². The van der Waals surface area contributed by atoms with Crippen molar-refractivity contribution < 1.29 is 9.18 Å². The summed E-state index contributed by atoms with van der Waals surface area (Å²) in [5, 5.41) is 3.57. The Labute approximate surface area is 161 Å². The lowest BCUT2D eigenvalue weighted by Gasteiger charge is -2.19. The van der Waals surface area contributed by atoms with Gasteiger partial charge in [0.15, 0.2) is 5.17 Å². The van der Waals surface area contributed by atoms with Crippen LogP contribution in [0.25, 0.3) is 0 Å². The third-order valence-corrected chi connectivity index (χ3v) is 5.20. The number of thioether (sulfide) groups is 1. The van der Waals surface area contributed by atoms with Crippen LogP contribution in [-0.4, -0.2) is 34.8 Å². The second kappa shape index (κ2) is 9.05. The molecule has 2 aromatic rings. The molecule has 0 unspecified atom stereocenters. The standard InChI is InChI=1S/C19H19ClFN3OS/c20-16-12-15(8-9-17(16)21)22-18(25)13-26-19(24-10-4-5-11-24)23-14-6-2-1-3-7-14/h1-3,6-9,12H,4-5,10-11,13H2,(H,22,25). The monoisotopic (exact) mass is 391 g/mol. The highest BCUT2D eigenvalue weighted by Crippen LogP contribution is 2.22. The molecule has 1 aliphatic heterocycles. The lowest BCUT2D eigenvalue weighted by molar-refractivity contribution is -0.113. The molecule has 4 nitrogen and oxygen atoms in total. The fraction of sp³-hybridized carbons (Fsp3) is 0.263. The molecule has 7 heteroatoms. The Balaban J connectivity index is 1.64. The first kappa shape index (κ1) is 18.7. The van der Waals surface area contributed by atoms with E-state index in [-0.39, 0.29) is 16.7 Å². The number of hydrogen-bond donors (Lipinski definition) is 1. The first-order chi connectivity index (χ1) is 12.6. The van der Waals surface area contributed by atoms with Crippen molar-refractivity contribution >= 4 is 45.8 Å². The molecule has 136 valence electrons. The summed E-state index contributed by atoms with van der Waals surface area (Å²) in [6, 6.07) is 13.8. The second-order valence-corrected chi connectivity index (χ2v) is 7.24. The van der Waals surface area contributed by atoms with E-state index in [1.54, 1.807) is 0 Å². The molecular weight excluding hydrogens is 373 g/mol. The zero-order chi connectivity index (χ0) is 18.4. The van der Waals surface area contributed by atoms with Crippen LogP contribution in [0.2, 0.25) is 5.02 Å². The van der Waals surface area contributed by atoms with Gasteiger partial charge in [0.05, 0.1) is 16.5 Å². The fourth-order valence-electron chi connectivity index (χ4n) is 2.62. The third kappa shape index (κ3) is 5.22. The number of hydrogen-bond acceptors (Lipinski definition) is 3. The van der Waals surface area contributed by atoms with Crippen molar-refractivity contribution in [2.24, 2.45) is 4.99 Å². The Kier molecular flexibility index (Phi) is 6.52. The van der Waals surface area contributed by atoms with E-state index in [4.69, 9.17) is 16.6 Å². The van der Waals surface area contributed by atoms with Crippen molar-refractivity contribution in [1.82, 2.24) is 4.90 Å². The molecule has 0 radical (unpaired) electrons. The summed E-state index contributed by atoms with van der Waals surface area (Å²) < 4.78 is 13.2. The minimum atomic E-state index is -0.509. The maximum Gasteiger partial charge on any atom is 0.234 e. The van der Waals surface area contributed by atoms with Crippen molar-refractivity contribution in [2.75, 3.05) is 24.2 Å². The van der Waals surface area contributed by atoms with Crippen LogP contribution >= 0.6 is 23.4 Å². The largest absolute Gasteiger partial charge is 0.351 e. The smallest absolute Gasteiger partial charge is 0.234 e. The third-order valence-electron chi connectivity index (χ3n) is 3.89. The molecule has 0 spiro atoms. The molecule has 2 aromatic carbocycles. The molecule has 0 aromatic heterocycles. The lowest BCUT2D eigenvalue weighted by atomic mass is 10.3. The van der Waals surface area contributed by atoms with Gasteiger partial charge in [-0.2, -0.15) is 0 Å². The Bertz CT molecular complexity index is 795. The number of amides is 1. The number of nitrogens with zero attached hydrogens (tertiary/aromatic N) is 2. The molecule has 1 aliphatic rings. The normalized spacial score (nSPS) is 14.5. The molecule has 0 aliphatic carbocycles. The van der Waals surface area contributed by atoms with Gasteiger partial charge in [-0.1, -0.05) is 41.6 Å². The molecule has 26 heavy (non-hydrogen) atoms. The number of rotatable bonds is 4. The van der Waals surface area contributed by atoms with E-state index < -0.39 is 5.82 Å². The van der Waals surface area contributed by atoms with Gasteiger partial charge in [0.2, 0.25) is 5.91 Å². The molecule has 1 fully saturated rings. The summed E-state index contributed by atoms with van der Waals surface area (Å²) in [5.74, 6) is -0.472. The quantitative estimate of drug-likeness (QED) is 0.593. The maximum absolute atomic E-state index is 13.2. The summed E-state index contributed by atoms with van der Waals surface area (Å²) in [6.07, 6.45) is 2.27. The maximum atomic E-state index is 13.2. The van der Waals surface area contributed by atoms with Gasteiger partial charge in [0, 0.05) is 18.8 Å². The zero-order valence-electron chi connectivity index (χ0n) is 14.1. The Hall–Kier alpha value is -2.05. The molecule has 0 saturated carbocycles. The number of para-hydroxylation sites is 1. The SMILES string of the molecule is O=C(CSC(=Nc1ccccc1)N1CCCC1)Nc1ccc(F)c(Cl)c1. The van der Waals surface area contributed by atoms with Crippen molar-refractivity contribution in [1.29, 1.82) is 0 Å². The van der Waals surface area contributed by atoms with Crippen LogP contribution in [-0.2, 0) is 4.79 Å². The van der Waals surface area contributed by atoms with E-state index in [2.05, 4.69) is 10.2 Å². The summed E-state index contributed by atoms with van der Waals surface area (Å²) in [7, 11) is 0. The number of benzene rings is 2. The zero-order valence-corrected chi connectivity index (χ0v) is 15.7. The Morgan fingerprint density at radius 2 is 1.92 bits per heavy atom. The minimum absolute atomic E-state index is 0.0150. The summed E-state index contributed by atoms with van der Waals surface area (Å²) in [4.78, 5) is 19.1. The van der Waals surface area contributed by atoms with Crippen molar-refractivity contribution in [3.63, 3.8) is 0 Å². The van der Waals surface area contributed by atoms with Crippen LogP contribution in [0.5, 0.6) is 0 Å². The Morgan fingerprint density at radius 3 is 2.62 bits per heavy atom. The van der Waals surface area contributed by atoms with Crippen LogP contribution in [0.4, 0.5) is 15.8 Å². The summed E-state index contributed by atoms with van der Waals surface area (Å²) in [5.41, 5.74) is 1.34. The van der Waals surface area contributed by atoms with Gasteiger partial charge in [0.1, 0.15) is 5.82 Å². The molecular formula is C19H19ClFN3OS. The summed E-state index contributed by atoms with van der Waals surface area (Å²) in [6.45, 7) is 1.90. The average Bonchev–Trinajstić information content (AvgIpc) is 3.17. The number of anilines is 1. The van der Waals surface area contributed by atoms with Gasteiger partial charge >= 0.3 is 0 Å². The number of amidine groups is 1. The van der Waals surface area contributed by atoms with Crippen molar-refractivity contribution in [3.8, 4) is 0 Å². The first-order valence-corrected chi connectivity index (χ1v) is 9.74. The van der Waals surface area contributed by atoms with Gasteiger partial charge in [-0.3, -0.25) is 4.79 Å². The fourth-order valence-corrected chi connectivity index (χ4v) is 3.66. The number of aliphatic imine (C=N–C) groups is 1. The highest BCUT2D eigenvalue weighted by atomic mass is 35.5. The van der Waals surface area contributed by atoms with Gasteiger partial charge in [0.25, 0.3) is 0 Å². The highest BCUT2D eigenvalue weighted by Gasteiger charge is 2.18. The van der Waals surface area contributed by atoms with Crippen LogP contribution < -0.4 is 5.32 Å². The van der Waals surface area contributed by atoms with Crippen molar-refractivity contribution in [3.05, 3.63) is 59.4 Å². The predicted octanol–water partition coefficient (Wildman–Crippen LogP) is 4.93. The molecule has 1 saturated heterocycles. The first-order valence-electron chi connectivity index (χ1n) is 8.38. The second-order valence-electron chi connectivity index (χ2n) is 5.89. The topological polar surface area (TPSA) is 44.7 Å². The molecule has 0 bridgehead atoms. The molecule has 1 N–H and O–H groups in total. The molecule has 1 amide bonds. The lowest BCUT2D eigenvalue weighted by Crippen LogP contribution is -2.27. The number of carbonyl (C=O) groups excluding carboxylic acids is 1. The number of halogens is 2. The van der Waals surface area contributed by atoms with Gasteiger partial charge in [-0.15, -0.1) is 0 Å². The highest BCUT2D eigenvalue weighted by molar-refractivity contribution is 8.14. The number of carbonyl (C=O) groups is 1. The van der Waals surface area contributed by atoms with E-state index in [1.807, 2.05) is 30.3 Å². The van der Waals surface area contributed by atoms with E-state index in [1.165, 1.54) is 30.0 Å². The predicted molar refractivity (Wildman–Crippen MR) is 107 cm³/mol. The van der Waals surface area contributed by atoms with Gasteiger partial charge in [-0.05, 0) is 43.2 Å². The van der Waals surface area contributed by atoms with E-state index >= 15 is 0 Å².